The maximum absolute atomic E-state index is 13.0. The van der Waals surface area contributed by atoms with Gasteiger partial charge in [0.25, 0.3) is 0 Å². The van der Waals surface area contributed by atoms with E-state index in [1.165, 1.54) is 12.1 Å². The SMILES string of the molecule is CN=C(NCCCCC(F)(F)F)N1CCN(c2ccc(F)cc2)CC1. The molecule has 1 heterocycles. The molecule has 1 aliphatic heterocycles. The summed E-state index contributed by atoms with van der Waals surface area (Å²) in [5, 5.41) is 3.13. The smallest absolute Gasteiger partial charge is 0.368 e. The second kappa shape index (κ2) is 8.92. The molecule has 0 aliphatic carbocycles. The van der Waals surface area contributed by atoms with Gasteiger partial charge in [-0.25, -0.2) is 4.39 Å². The molecule has 1 fully saturated rings. The number of alkyl halides is 3. The maximum Gasteiger partial charge on any atom is 0.389 e. The third kappa shape index (κ3) is 6.43. The molecule has 0 aromatic heterocycles. The van der Waals surface area contributed by atoms with Gasteiger partial charge in [0.05, 0.1) is 0 Å². The highest BCUT2D eigenvalue weighted by Gasteiger charge is 2.26. The van der Waals surface area contributed by atoms with Gasteiger partial charge >= 0.3 is 6.18 Å². The largest absolute Gasteiger partial charge is 0.389 e. The Kier molecular flexibility index (Phi) is 6.90. The predicted molar refractivity (Wildman–Crippen MR) is 91.5 cm³/mol. The Morgan fingerprint density at radius 1 is 1.08 bits per heavy atom. The highest BCUT2D eigenvalue weighted by atomic mass is 19.4. The minimum absolute atomic E-state index is 0.117. The Morgan fingerprint density at radius 3 is 2.28 bits per heavy atom. The fraction of sp³-hybridized carbons (Fsp3) is 0.588. The first-order chi connectivity index (χ1) is 11.9. The lowest BCUT2D eigenvalue weighted by Gasteiger charge is -2.37. The van der Waals surface area contributed by atoms with E-state index >= 15 is 0 Å². The summed E-state index contributed by atoms with van der Waals surface area (Å²) >= 11 is 0. The van der Waals surface area contributed by atoms with E-state index in [0.29, 0.717) is 18.9 Å². The van der Waals surface area contributed by atoms with Crippen LogP contribution in [-0.4, -0.2) is 56.8 Å². The van der Waals surface area contributed by atoms with Gasteiger partial charge in [0.2, 0.25) is 0 Å². The Balaban J connectivity index is 1.73. The fourth-order valence-electron chi connectivity index (χ4n) is 2.81. The van der Waals surface area contributed by atoms with Crippen LogP contribution in [0.3, 0.4) is 0 Å². The fourth-order valence-corrected chi connectivity index (χ4v) is 2.81. The molecular weight excluding hydrogens is 336 g/mol. The number of nitrogens with one attached hydrogen (secondary N) is 1. The van der Waals surface area contributed by atoms with Gasteiger partial charge in [-0.05, 0) is 37.1 Å². The van der Waals surface area contributed by atoms with Gasteiger partial charge in [-0.15, -0.1) is 0 Å². The van der Waals surface area contributed by atoms with Crippen LogP contribution in [0.5, 0.6) is 0 Å². The number of unbranched alkanes of at least 4 members (excludes halogenated alkanes) is 1. The van der Waals surface area contributed by atoms with Crippen LogP contribution >= 0.6 is 0 Å². The molecule has 140 valence electrons. The van der Waals surface area contributed by atoms with Crippen molar-refractivity contribution in [2.45, 2.75) is 25.4 Å². The molecule has 0 radical (unpaired) electrons. The second-order valence-corrected chi connectivity index (χ2v) is 6.00. The first kappa shape index (κ1) is 19.3. The molecule has 2 rings (SSSR count). The van der Waals surface area contributed by atoms with Crippen molar-refractivity contribution in [3.63, 3.8) is 0 Å². The van der Waals surface area contributed by atoms with Crippen molar-refractivity contribution in [1.29, 1.82) is 0 Å². The van der Waals surface area contributed by atoms with E-state index in [0.717, 1.165) is 31.9 Å². The molecule has 1 aromatic rings. The number of guanidine groups is 1. The Hall–Kier alpha value is -1.99. The van der Waals surface area contributed by atoms with Crippen LogP contribution in [0.15, 0.2) is 29.3 Å². The zero-order chi connectivity index (χ0) is 18.3. The number of hydrogen-bond acceptors (Lipinski definition) is 2. The minimum Gasteiger partial charge on any atom is -0.368 e. The Morgan fingerprint density at radius 2 is 1.72 bits per heavy atom. The van der Waals surface area contributed by atoms with Crippen LogP contribution in [0, 0.1) is 5.82 Å². The standard InChI is InChI=1S/C17H24F4N4/c1-22-16(23-9-3-2-8-17(19,20)21)25-12-10-24(11-13-25)15-6-4-14(18)5-7-15/h4-7H,2-3,8-13H2,1H3,(H,22,23). The Bertz CT molecular complexity index is 549. The predicted octanol–water partition coefficient (Wildman–Crippen LogP) is 3.26. The highest BCUT2D eigenvalue weighted by molar-refractivity contribution is 5.80. The van der Waals surface area contributed by atoms with E-state index in [1.54, 1.807) is 19.2 Å². The number of aliphatic imine (C=N–C) groups is 1. The van der Waals surface area contributed by atoms with Crippen molar-refractivity contribution in [3.05, 3.63) is 30.1 Å². The highest BCUT2D eigenvalue weighted by Crippen LogP contribution is 2.22. The van der Waals surface area contributed by atoms with Crippen molar-refractivity contribution in [2.24, 2.45) is 4.99 Å². The van der Waals surface area contributed by atoms with Crippen molar-refractivity contribution in [1.82, 2.24) is 10.2 Å². The normalized spacial score (nSPS) is 16.3. The number of anilines is 1. The van der Waals surface area contributed by atoms with Gasteiger partial charge in [0.15, 0.2) is 5.96 Å². The molecule has 0 bridgehead atoms. The summed E-state index contributed by atoms with van der Waals surface area (Å²) in [5.41, 5.74) is 0.983. The van der Waals surface area contributed by atoms with Crippen LogP contribution in [-0.2, 0) is 0 Å². The molecule has 1 aromatic carbocycles. The zero-order valence-corrected chi connectivity index (χ0v) is 14.3. The van der Waals surface area contributed by atoms with Gasteiger partial charge in [0.1, 0.15) is 5.82 Å². The minimum atomic E-state index is -4.08. The number of rotatable bonds is 5. The first-order valence-electron chi connectivity index (χ1n) is 8.42. The van der Waals surface area contributed by atoms with Gasteiger partial charge in [-0.2, -0.15) is 13.2 Å². The lowest BCUT2D eigenvalue weighted by Crippen LogP contribution is -2.52. The van der Waals surface area contributed by atoms with Crippen molar-refractivity contribution in [2.75, 3.05) is 44.7 Å². The summed E-state index contributed by atoms with van der Waals surface area (Å²) in [6.07, 6.45) is -4.26. The molecule has 1 saturated heterocycles. The second-order valence-electron chi connectivity index (χ2n) is 6.00. The van der Waals surface area contributed by atoms with Gasteiger partial charge in [-0.1, -0.05) is 0 Å². The molecule has 8 heteroatoms. The topological polar surface area (TPSA) is 30.9 Å². The monoisotopic (exact) mass is 360 g/mol. The summed E-state index contributed by atoms with van der Waals surface area (Å²) in [6.45, 7) is 3.53. The number of hydrogen-bond donors (Lipinski definition) is 1. The summed E-state index contributed by atoms with van der Waals surface area (Å²) in [4.78, 5) is 8.47. The lowest BCUT2D eigenvalue weighted by molar-refractivity contribution is -0.135. The van der Waals surface area contributed by atoms with E-state index < -0.39 is 12.6 Å². The summed E-state index contributed by atoms with van der Waals surface area (Å²) in [7, 11) is 1.67. The average molecular weight is 360 g/mol. The number of piperazine rings is 1. The van der Waals surface area contributed by atoms with E-state index in [4.69, 9.17) is 0 Å². The van der Waals surface area contributed by atoms with Crippen molar-refractivity contribution in [3.8, 4) is 0 Å². The molecule has 25 heavy (non-hydrogen) atoms. The summed E-state index contributed by atoms with van der Waals surface area (Å²) in [6, 6.07) is 6.42. The average Bonchev–Trinajstić information content (AvgIpc) is 2.58. The van der Waals surface area contributed by atoms with Crippen LogP contribution in [0.2, 0.25) is 0 Å². The first-order valence-corrected chi connectivity index (χ1v) is 8.42. The van der Waals surface area contributed by atoms with Crippen LogP contribution in [0.1, 0.15) is 19.3 Å². The molecule has 0 unspecified atom stereocenters. The number of nitrogens with zero attached hydrogens (tertiary/aromatic N) is 3. The third-order valence-electron chi connectivity index (χ3n) is 4.15. The molecule has 4 nitrogen and oxygen atoms in total. The van der Waals surface area contributed by atoms with E-state index in [1.807, 2.05) is 0 Å². The zero-order valence-electron chi connectivity index (χ0n) is 14.3. The molecular formula is C17H24F4N4. The van der Waals surface area contributed by atoms with E-state index in [9.17, 15) is 17.6 Å². The maximum atomic E-state index is 13.0. The molecule has 0 saturated carbocycles. The Labute approximate surface area is 145 Å². The number of halogens is 4. The van der Waals surface area contributed by atoms with Crippen LogP contribution in [0.4, 0.5) is 23.2 Å². The molecule has 0 amide bonds. The quantitative estimate of drug-likeness (QED) is 0.378. The van der Waals surface area contributed by atoms with Crippen molar-refractivity contribution < 1.29 is 17.6 Å². The van der Waals surface area contributed by atoms with Crippen LogP contribution < -0.4 is 10.2 Å². The van der Waals surface area contributed by atoms with Crippen LogP contribution in [0.25, 0.3) is 0 Å². The van der Waals surface area contributed by atoms with Gasteiger partial charge < -0.3 is 15.1 Å². The summed E-state index contributed by atoms with van der Waals surface area (Å²) < 4.78 is 49.4. The lowest BCUT2D eigenvalue weighted by atomic mass is 10.2. The van der Waals surface area contributed by atoms with Crippen molar-refractivity contribution >= 4 is 11.6 Å². The molecule has 0 spiro atoms. The van der Waals surface area contributed by atoms with Gasteiger partial charge in [0, 0.05) is 51.9 Å². The third-order valence-corrected chi connectivity index (χ3v) is 4.15. The summed E-state index contributed by atoms with van der Waals surface area (Å²) in [5.74, 6) is 0.461. The van der Waals surface area contributed by atoms with E-state index in [-0.39, 0.29) is 12.2 Å². The van der Waals surface area contributed by atoms with E-state index in [2.05, 4.69) is 20.1 Å². The molecule has 1 N–H and O–H groups in total. The molecule has 0 atom stereocenters. The number of benzene rings is 1. The van der Waals surface area contributed by atoms with Gasteiger partial charge in [-0.3, -0.25) is 4.99 Å². The molecule has 1 aliphatic rings.